The van der Waals surface area contributed by atoms with Crippen molar-refractivity contribution in [3.05, 3.63) is 33.2 Å². The summed E-state index contributed by atoms with van der Waals surface area (Å²) < 4.78 is 1.42. The number of halogens is 1. The molecule has 0 aliphatic heterocycles. The highest BCUT2D eigenvalue weighted by atomic mass is 35.5. The Morgan fingerprint density at radius 1 is 1.67 bits per heavy atom. The molecule has 3 nitrogen and oxygen atoms in total. The summed E-state index contributed by atoms with van der Waals surface area (Å²) in [6, 6.07) is 1.26. The van der Waals surface area contributed by atoms with Gasteiger partial charge in [0.2, 0.25) is 0 Å². The first-order valence-corrected chi connectivity index (χ1v) is 4.02. The Hall–Kier alpha value is -0.800. The zero-order chi connectivity index (χ0) is 9.30. The maximum Gasteiger partial charge on any atom is 0.250 e. The lowest BCUT2D eigenvalue weighted by atomic mass is 10.1. The summed E-state index contributed by atoms with van der Waals surface area (Å²) in [5, 5.41) is 0.534. The van der Waals surface area contributed by atoms with Crippen LogP contribution < -0.4 is 11.3 Å². The molecule has 0 spiro atoms. The summed E-state index contributed by atoms with van der Waals surface area (Å²) in [5.41, 5.74) is 6.20. The number of aryl methyl sites for hydroxylation is 1. The SMILES string of the molecule is CC(N)c1cc(=O)n(C)cc1Cl. The van der Waals surface area contributed by atoms with Crippen LogP contribution in [0.1, 0.15) is 18.5 Å². The van der Waals surface area contributed by atoms with Crippen LogP contribution in [0, 0.1) is 0 Å². The smallest absolute Gasteiger partial charge is 0.250 e. The normalized spacial score (nSPS) is 13.0. The van der Waals surface area contributed by atoms with E-state index in [1.54, 1.807) is 20.2 Å². The van der Waals surface area contributed by atoms with E-state index in [9.17, 15) is 4.79 Å². The first-order chi connectivity index (χ1) is 5.52. The molecule has 1 aromatic heterocycles. The van der Waals surface area contributed by atoms with Crippen molar-refractivity contribution in [3.8, 4) is 0 Å². The Bertz CT molecular complexity index is 343. The van der Waals surface area contributed by atoms with Crippen molar-refractivity contribution in [1.82, 2.24) is 4.57 Å². The number of pyridine rings is 1. The maximum atomic E-state index is 11.1. The number of nitrogens with zero attached hydrogens (tertiary/aromatic N) is 1. The minimum Gasteiger partial charge on any atom is -0.324 e. The Morgan fingerprint density at radius 2 is 2.25 bits per heavy atom. The molecular formula is C8H11ClN2O. The van der Waals surface area contributed by atoms with Gasteiger partial charge in [-0.15, -0.1) is 0 Å². The van der Waals surface area contributed by atoms with Crippen LogP contribution in [0.5, 0.6) is 0 Å². The van der Waals surface area contributed by atoms with Gasteiger partial charge in [0.15, 0.2) is 0 Å². The van der Waals surface area contributed by atoms with Crippen molar-refractivity contribution >= 4 is 11.6 Å². The third-order valence-electron chi connectivity index (χ3n) is 1.70. The zero-order valence-corrected chi connectivity index (χ0v) is 7.80. The van der Waals surface area contributed by atoms with Gasteiger partial charge in [-0.05, 0) is 12.5 Å². The van der Waals surface area contributed by atoms with Gasteiger partial charge >= 0.3 is 0 Å². The van der Waals surface area contributed by atoms with E-state index in [0.29, 0.717) is 10.6 Å². The van der Waals surface area contributed by atoms with Gasteiger partial charge in [-0.3, -0.25) is 4.79 Å². The molecule has 0 bridgehead atoms. The molecule has 0 fully saturated rings. The highest BCUT2D eigenvalue weighted by Crippen LogP contribution is 2.17. The van der Waals surface area contributed by atoms with Crippen LogP contribution in [0.3, 0.4) is 0 Å². The molecule has 0 saturated carbocycles. The number of aromatic nitrogens is 1. The minimum absolute atomic E-state index is 0.0910. The average Bonchev–Trinajstić information content (AvgIpc) is 1.96. The van der Waals surface area contributed by atoms with Crippen molar-refractivity contribution < 1.29 is 0 Å². The van der Waals surface area contributed by atoms with Crippen LogP contribution in [-0.4, -0.2) is 4.57 Å². The van der Waals surface area contributed by atoms with Gasteiger partial charge in [-0.1, -0.05) is 11.6 Å². The largest absolute Gasteiger partial charge is 0.324 e. The molecule has 1 heterocycles. The molecule has 0 aromatic carbocycles. The predicted molar refractivity (Wildman–Crippen MR) is 49.3 cm³/mol. The van der Waals surface area contributed by atoms with E-state index in [1.807, 2.05) is 0 Å². The van der Waals surface area contributed by atoms with Gasteiger partial charge < -0.3 is 10.3 Å². The fourth-order valence-electron chi connectivity index (χ4n) is 0.961. The standard InChI is InChI=1S/C8H11ClN2O/c1-5(10)6-3-8(12)11(2)4-7(6)9/h3-5H,10H2,1-2H3. The second kappa shape index (κ2) is 3.29. The molecule has 66 valence electrons. The molecule has 0 aliphatic rings. The summed E-state index contributed by atoms with van der Waals surface area (Å²) in [6.45, 7) is 1.79. The van der Waals surface area contributed by atoms with Gasteiger partial charge in [0.25, 0.3) is 5.56 Å². The lowest BCUT2D eigenvalue weighted by molar-refractivity contribution is 0.788. The van der Waals surface area contributed by atoms with Gasteiger partial charge in [0.05, 0.1) is 5.02 Å². The molecule has 0 aliphatic carbocycles. The van der Waals surface area contributed by atoms with E-state index < -0.39 is 0 Å². The van der Waals surface area contributed by atoms with Crippen LogP contribution in [0.2, 0.25) is 5.02 Å². The van der Waals surface area contributed by atoms with E-state index >= 15 is 0 Å². The minimum atomic E-state index is -0.202. The Labute approximate surface area is 75.8 Å². The highest BCUT2D eigenvalue weighted by molar-refractivity contribution is 6.31. The van der Waals surface area contributed by atoms with Crippen molar-refractivity contribution in [3.63, 3.8) is 0 Å². The molecule has 1 atom stereocenters. The number of hydrogen-bond donors (Lipinski definition) is 1. The van der Waals surface area contributed by atoms with Gasteiger partial charge in [-0.2, -0.15) is 0 Å². The molecule has 0 amide bonds. The maximum absolute atomic E-state index is 11.1. The zero-order valence-electron chi connectivity index (χ0n) is 7.04. The summed E-state index contributed by atoms with van der Waals surface area (Å²) >= 11 is 5.86. The molecule has 0 saturated heterocycles. The third-order valence-corrected chi connectivity index (χ3v) is 2.02. The lowest BCUT2D eigenvalue weighted by Crippen LogP contribution is -2.18. The van der Waals surface area contributed by atoms with Crippen molar-refractivity contribution in [2.45, 2.75) is 13.0 Å². The topological polar surface area (TPSA) is 48.0 Å². The van der Waals surface area contributed by atoms with E-state index in [2.05, 4.69) is 0 Å². The second-order valence-corrected chi connectivity index (χ2v) is 3.22. The van der Waals surface area contributed by atoms with Crippen LogP contribution in [0.4, 0.5) is 0 Å². The molecule has 1 aromatic rings. The third kappa shape index (κ3) is 1.68. The monoisotopic (exact) mass is 186 g/mol. The van der Waals surface area contributed by atoms with Gasteiger partial charge in [0, 0.05) is 25.4 Å². The number of nitrogens with two attached hydrogens (primary N) is 1. The Morgan fingerprint density at radius 3 is 2.75 bits per heavy atom. The first kappa shape index (κ1) is 9.29. The Balaban J connectivity index is 3.33. The molecule has 0 radical (unpaired) electrons. The molecule has 12 heavy (non-hydrogen) atoms. The summed E-state index contributed by atoms with van der Waals surface area (Å²) in [6.07, 6.45) is 1.57. The fourth-order valence-corrected chi connectivity index (χ4v) is 1.33. The van der Waals surface area contributed by atoms with Crippen LogP contribution >= 0.6 is 11.6 Å². The van der Waals surface area contributed by atoms with Crippen LogP contribution in [0.25, 0.3) is 0 Å². The van der Waals surface area contributed by atoms with Crippen molar-refractivity contribution in [2.24, 2.45) is 12.8 Å². The van der Waals surface area contributed by atoms with Crippen molar-refractivity contribution in [2.75, 3.05) is 0 Å². The highest BCUT2D eigenvalue weighted by Gasteiger charge is 2.06. The first-order valence-electron chi connectivity index (χ1n) is 3.64. The predicted octanol–water partition coefficient (Wildman–Crippen LogP) is 1.06. The number of hydrogen-bond acceptors (Lipinski definition) is 2. The quantitative estimate of drug-likeness (QED) is 0.713. The van der Waals surface area contributed by atoms with E-state index in [1.165, 1.54) is 10.6 Å². The molecule has 1 unspecified atom stereocenters. The summed E-state index contributed by atoms with van der Waals surface area (Å²) in [5.74, 6) is 0. The van der Waals surface area contributed by atoms with Gasteiger partial charge in [0.1, 0.15) is 0 Å². The van der Waals surface area contributed by atoms with E-state index in [-0.39, 0.29) is 11.6 Å². The van der Waals surface area contributed by atoms with Gasteiger partial charge in [-0.25, -0.2) is 0 Å². The lowest BCUT2D eigenvalue weighted by Gasteiger charge is -2.08. The van der Waals surface area contributed by atoms with E-state index in [4.69, 9.17) is 17.3 Å². The average molecular weight is 187 g/mol. The van der Waals surface area contributed by atoms with Crippen LogP contribution in [0.15, 0.2) is 17.1 Å². The van der Waals surface area contributed by atoms with Crippen LogP contribution in [-0.2, 0) is 7.05 Å². The molecular weight excluding hydrogens is 176 g/mol. The summed E-state index contributed by atoms with van der Waals surface area (Å²) in [4.78, 5) is 11.1. The fraction of sp³-hybridized carbons (Fsp3) is 0.375. The second-order valence-electron chi connectivity index (χ2n) is 2.81. The Kier molecular flexibility index (Phi) is 2.55. The van der Waals surface area contributed by atoms with E-state index in [0.717, 1.165) is 0 Å². The molecule has 1 rings (SSSR count). The molecule has 4 heteroatoms. The summed E-state index contributed by atoms with van der Waals surface area (Å²) in [7, 11) is 1.65. The molecule has 2 N–H and O–H groups in total. The van der Waals surface area contributed by atoms with Crippen molar-refractivity contribution in [1.29, 1.82) is 0 Å². The number of rotatable bonds is 1.